The van der Waals surface area contributed by atoms with E-state index >= 15 is 0 Å². The number of rotatable bonds is 4. The summed E-state index contributed by atoms with van der Waals surface area (Å²) in [6, 6.07) is 4.95. The molecule has 0 radical (unpaired) electrons. The summed E-state index contributed by atoms with van der Waals surface area (Å²) in [4.78, 5) is 20.4. The van der Waals surface area contributed by atoms with Crippen LogP contribution in [0.1, 0.15) is 21.7 Å². The fourth-order valence-electron chi connectivity index (χ4n) is 1.64. The van der Waals surface area contributed by atoms with Gasteiger partial charge < -0.3 is 15.8 Å². The van der Waals surface area contributed by atoms with Crippen LogP contribution in [-0.4, -0.2) is 23.0 Å². The molecule has 1 amide bonds. The number of aromatic nitrogens is 2. The number of amides is 1. The largest absolute Gasteiger partial charge is 0.497 e. The van der Waals surface area contributed by atoms with Crippen molar-refractivity contribution < 1.29 is 9.53 Å². The molecule has 6 nitrogen and oxygen atoms in total. The van der Waals surface area contributed by atoms with E-state index in [0.717, 1.165) is 5.69 Å². The van der Waals surface area contributed by atoms with Gasteiger partial charge in [0, 0.05) is 11.9 Å². The standard InChI is InChI=1S/C14H16N4O2/c1-9-6-17-10(7-16-9)8-18-14(19)12-5-11(20-2)3-4-13(12)15/h3-7H,8,15H2,1-2H3,(H,18,19). The Morgan fingerprint density at radius 2 is 2.15 bits per heavy atom. The van der Waals surface area contributed by atoms with E-state index in [4.69, 9.17) is 10.5 Å². The number of nitrogen functional groups attached to an aromatic ring is 1. The van der Waals surface area contributed by atoms with Crippen LogP contribution in [0.3, 0.4) is 0 Å². The number of hydrogen-bond donors (Lipinski definition) is 2. The monoisotopic (exact) mass is 272 g/mol. The molecule has 1 aromatic heterocycles. The Morgan fingerprint density at radius 1 is 1.35 bits per heavy atom. The molecule has 104 valence electrons. The van der Waals surface area contributed by atoms with Gasteiger partial charge in [0.25, 0.3) is 5.91 Å². The molecule has 0 spiro atoms. The van der Waals surface area contributed by atoms with Crippen LogP contribution in [0.4, 0.5) is 5.69 Å². The number of ether oxygens (including phenoxy) is 1. The topological polar surface area (TPSA) is 90.1 Å². The highest BCUT2D eigenvalue weighted by molar-refractivity contribution is 5.99. The first-order valence-electron chi connectivity index (χ1n) is 6.09. The van der Waals surface area contributed by atoms with Crippen molar-refractivity contribution in [1.82, 2.24) is 15.3 Å². The molecule has 2 aromatic rings. The van der Waals surface area contributed by atoms with Crippen LogP contribution in [0.2, 0.25) is 0 Å². The van der Waals surface area contributed by atoms with Crippen molar-refractivity contribution in [2.45, 2.75) is 13.5 Å². The molecule has 0 unspecified atom stereocenters. The van der Waals surface area contributed by atoms with Crippen molar-refractivity contribution >= 4 is 11.6 Å². The van der Waals surface area contributed by atoms with E-state index < -0.39 is 0 Å². The van der Waals surface area contributed by atoms with Gasteiger partial charge in [-0.15, -0.1) is 0 Å². The maximum atomic E-state index is 12.1. The zero-order chi connectivity index (χ0) is 14.5. The highest BCUT2D eigenvalue weighted by Gasteiger charge is 2.11. The lowest BCUT2D eigenvalue weighted by molar-refractivity contribution is 0.0951. The molecule has 20 heavy (non-hydrogen) atoms. The Labute approximate surface area is 117 Å². The molecule has 3 N–H and O–H groups in total. The van der Waals surface area contributed by atoms with E-state index in [-0.39, 0.29) is 5.91 Å². The molecule has 1 heterocycles. The van der Waals surface area contributed by atoms with Crippen molar-refractivity contribution in [3.8, 4) is 5.75 Å². The van der Waals surface area contributed by atoms with Gasteiger partial charge in [-0.05, 0) is 25.1 Å². The van der Waals surface area contributed by atoms with E-state index in [1.807, 2.05) is 6.92 Å². The van der Waals surface area contributed by atoms with Gasteiger partial charge >= 0.3 is 0 Å². The Balaban J connectivity index is 2.06. The molecule has 0 fully saturated rings. The van der Waals surface area contributed by atoms with Gasteiger partial charge in [-0.2, -0.15) is 0 Å². The fraction of sp³-hybridized carbons (Fsp3) is 0.214. The first-order valence-corrected chi connectivity index (χ1v) is 6.09. The summed E-state index contributed by atoms with van der Waals surface area (Å²) in [6.45, 7) is 2.15. The zero-order valence-electron chi connectivity index (χ0n) is 11.4. The van der Waals surface area contributed by atoms with Crippen LogP contribution in [0.5, 0.6) is 5.75 Å². The number of methoxy groups -OCH3 is 1. The number of nitrogens with two attached hydrogens (primary N) is 1. The number of benzene rings is 1. The first-order chi connectivity index (χ1) is 9.60. The molecule has 2 rings (SSSR count). The number of carbonyl (C=O) groups excluding carboxylic acids is 1. The number of aryl methyl sites for hydroxylation is 1. The van der Waals surface area contributed by atoms with Gasteiger partial charge in [0.05, 0.1) is 36.8 Å². The number of nitrogens with one attached hydrogen (secondary N) is 1. The molecule has 0 saturated heterocycles. The molecular weight excluding hydrogens is 256 g/mol. The Hall–Kier alpha value is -2.63. The zero-order valence-corrected chi connectivity index (χ0v) is 11.4. The Morgan fingerprint density at radius 3 is 2.80 bits per heavy atom. The van der Waals surface area contributed by atoms with Crippen LogP contribution >= 0.6 is 0 Å². The van der Waals surface area contributed by atoms with E-state index in [2.05, 4.69) is 15.3 Å². The third kappa shape index (κ3) is 3.23. The average molecular weight is 272 g/mol. The molecule has 0 atom stereocenters. The number of hydrogen-bond acceptors (Lipinski definition) is 5. The molecule has 1 aromatic carbocycles. The third-order valence-electron chi connectivity index (χ3n) is 2.77. The van der Waals surface area contributed by atoms with E-state index in [0.29, 0.717) is 29.2 Å². The van der Waals surface area contributed by atoms with Crippen LogP contribution < -0.4 is 15.8 Å². The lowest BCUT2D eigenvalue weighted by Gasteiger charge is -2.09. The minimum Gasteiger partial charge on any atom is -0.497 e. The van der Waals surface area contributed by atoms with E-state index in [1.54, 1.807) is 30.6 Å². The SMILES string of the molecule is COc1ccc(N)c(C(=O)NCc2cnc(C)cn2)c1. The number of nitrogens with zero attached hydrogens (tertiary/aromatic N) is 2. The molecule has 6 heteroatoms. The second kappa shape index (κ2) is 6.01. The van der Waals surface area contributed by atoms with Gasteiger partial charge in [-0.3, -0.25) is 14.8 Å². The van der Waals surface area contributed by atoms with Crippen molar-refractivity contribution in [1.29, 1.82) is 0 Å². The maximum absolute atomic E-state index is 12.1. The summed E-state index contributed by atoms with van der Waals surface area (Å²) < 4.78 is 5.08. The maximum Gasteiger partial charge on any atom is 0.253 e. The minimum absolute atomic E-state index is 0.274. The van der Waals surface area contributed by atoms with Crippen molar-refractivity contribution in [2.75, 3.05) is 12.8 Å². The molecule has 0 bridgehead atoms. The van der Waals surface area contributed by atoms with Crippen LogP contribution in [0, 0.1) is 6.92 Å². The lowest BCUT2D eigenvalue weighted by Crippen LogP contribution is -2.24. The number of carbonyl (C=O) groups is 1. The summed E-state index contributed by atoms with van der Waals surface area (Å²) in [6.07, 6.45) is 3.28. The van der Waals surface area contributed by atoms with E-state index in [9.17, 15) is 4.79 Å². The summed E-state index contributed by atoms with van der Waals surface area (Å²) in [5, 5.41) is 2.75. The number of anilines is 1. The molecule has 0 aliphatic carbocycles. The molecule has 0 aliphatic heterocycles. The average Bonchev–Trinajstić information content (AvgIpc) is 2.47. The second-order valence-electron chi connectivity index (χ2n) is 4.28. The summed E-state index contributed by atoms with van der Waals surface area (Å²) >= 11 is 0. The van der Waals surface area contributed by atoms with Crippen molar-refractivity contribution in [3.05, 3.63) is 47.5 Å². The first kappa shape index (κ1) is 13.8. The van der Waals surface area contributed by atoms with Crippen LogP contribution in [0.25, 0.3) is 0 Å². The Kier molecular flexibility index (Phi) is 4.14. The third-order valence-corrected chi connectivity index (χ3v) is 2.77. The predicted octanol–water partition coefficient (Wildman–Crippen LogP) is 1.31. The van der Waals surface area contributed by atoms with Gasteiger partial charge in [-0.1, -0.05) is 0 Å². The highest BCUT2D eigenvalue weighted by atomic mass is 16.5. The fourth-order valence-corrected chi connectivity index (χ4v) is 1.64. The van der Waals surface area contributed by atoms with Crippen LogP contribution in [-0.2, 0) is 6.54 Å². The highest BCUT2D eigenvalue weighted by Crippen LogP contribution is 2.19. The predicted molar refractivity (Wildman–Crippen MR) is 75.3 cm³/mol. The van der Waals surface area contributed by atoms with E-state index in [1.165, 1.54) is 7.11 Å². The van der Waals surface area contributed by atoms with Gasteiger partial charge in [-0.25, -0.2) is 0 Å². The summed E-state index contributed by atoms with van der Waals surface area (Å²) in [5.74, 6) is 0.309. The van der Waals surface area contributed by atoms with Crippen LogP contribution in [0.15, 0.2) is 30.6 Å². The molecule has 0 saturated carbocycles. The Bertz CT molecular complexity index is 611. The van der Waals surface area contributed by atoms with Gasteiger partial charge in [0.15, 0.2) is 0 Å². The normalized spacial score (nSPS) is 10.1. The quantitative estimate of drug-likeness (QED) is 0.819. The smallest absolute Gasteiger partial charge is 0.253 e. The van der Waals surface area contributed by atoms with Crippen molar-refractivity contribution in [3.63, 3.8) is 0 Å². The molecule has 0 aliphatic rings. The van der Waals surface area contributed by atoms with Crippen molar-refractivity contribution in [2.24, 2.45) is 0 Å². The van der Waals surface area contributed by atoms with Gasteiger partial charge in [0.1, 0.15) is 5.75 Å². The summed E-state index contributed by atoms with van der Waals surface area (Å²) in [7, 11) is 1.54. The second-order valence-corrected chi connectivity index (χ2v) is 4.28. The summed E-state index contributed by atoms with van der Waals surface area (Å²) in [5.41, 5.74) is 8.09. The minimum atomic E-state index is -0.274. The lowest BCUT2D eigenvalue weighted by atomic mass is 10.1. The molecular formula is C14H16N4O2. The van der Waals surface area contributed by atoms with Gasteiger partial charge in [0.2, 0.25) is 0 Å².